The first kappa shape index (κ1) is 16.7. The molecular formula is C19H23BrN2OS. The minimum atomic E-state index is -0.382. The summed E-state index contributed by atoms with van der Waals surface area (Å²) < 4.78 is 6.72. The van der Waals surface area contributed by atoms with Gasteiger partial charge in [0, 0.05) is 22.6 Å². The van der Waals surface area contributed by atoms with Crippen LogP contribution in [0.4, 0.5) is 0 Å². The van der Waals surface area contributed by atoms with Crippen LogP contribution in [-0.2, 0) is 16.8 Å². The zero-order valence-electron chi connectivity index (χ0n) is 14.2. The topological polar surface area (TPSA) is 33.6 Å². The smallest absolute Gasteiger partial charge is 0.162 e. The maximum Gasteiger partial charge on any atom is 0.162 e. The predicted molar refractivity (Wildman–Crippen MR) is 105 cm³/mol. The van der Waals surface area contributed by atoms with Gasteiger partial charge in [-0.05, 0) is 56.2 Å². The van der Waals surface area contributed by atoms with Crippen LogP contribution >= 0.6 is 28.1 Å². The van der Waals surface area contributed by atoms with Crippen LogP contribution < -0.4 is 5.32 Å². The van der Waals surface area contributed by atoms with E-state index in [-0.39, 0.29) is 11.1 Å². The molecule has 24 heavy (non-hydrogen) atoms. The van der Waals surface area contributed by atoms with E-state index in [4.69, 9.17) is 21.9 Å². The molecule has 1 saturated carbocycles. The van der Waals surface area contributed by atoms with Crippen LogP contribution in [0.1, 0.15) is 50.2 Å². The zero-order valence-corrected chi connectivity index (χ0v) is 16.6. The molecule has 0 aromatic heterocycles. The van der Waals surface area contributed by atoms with Gasteiger partial charge in [-0.15, -0.1) is 0 Å². The molecule has 3 aliphatic rings. The fourth-order valence-electron chi connectivity index (χ4n) is 4.87. The standard InChI is InChI=1S/C19H23BrN2OS/c1-3-16-17(24)22-19(21-16)15-10-13(20)5-4-12(15)11-18(19)8-6-14(23-2)7-9-18/h4-5,10,14H,3,6-9,11H2,1-2H3,(H,22,24)/t14?,18?,19-/m0/s1. The fourth-order valence-corrected chi connectivity index (χ4v) is 5.57. The number of thiocarbonyl (C=S) groups is 1. The zero-order chi connectivity index (χ0) is 16.9. The van der Waals surface area contributed by atoms with E-state index in [1.54, 1.807) is 0 Å². The Hall–Kier alpha value is -0.780. The Morgan fingerprint density at radius 3 is 2.75 bits per heavy atom. The summed E-state index contributed by atoms with van der Waals surface area (Å²) in [6, 6.07) is 6.64. The first-order valence-electron chi connectivity index (χ1n) is 8.76. The number of benzene rings is 1. The second-order valence-corrected chi connectivity index (χ2v) is 8.59. The molecule has 4 rings (SSSR count). The molecule has 1 fully saturated rings. The number of methoxy groups -OCH3 is 1. The summed E-state index contributed by atoms with van der Waals surface area (Å²) in [6.45, 7) is 2.14. The Labute approximate surface area is 157 Å². The molecule has 1 aliphatic heterocycles. The number of hydrogen-bond acceptors (Lipinski definition) is 3. The van der Waals surface area contributed by atoms with Crippen LogP contribution in [0.5, 0.6) is 0 Å². The number of nitrogens with one attached hydrogen (secondary N) is 1. The van der Waals surface area contributed by atoms with Crippen molar-refractivity contribution in [3.63, 3.8) is 0 Å². The molecule has 0 bridgehead atoms. The van der Waals surface area contributed by atoms with Crippen molar-refractivity contribution in [1.29, 1.82) is 0 Å². The Balaban J connectivity index is 1.84. The fraction of sp³-hybridized carbons (Fsp3) is 0.579. The van der Waals surface area contributed by atoms with Crippen molar-refractivity contribution < 1.29 is 4.74 Å². The van der Waals surface area contributed by atoms with E-state index in [0.717, 1.165) is 53.7 Å². The van der Waals surface area contributed by atoms with Crippen molar-refractivity contribution >= 4 is 38.8 Å². The summed E-state index contributed by atoms with van der Waals surface area (Å²) in [5.74, 6) is 0. The summed E-state index contributed by atoms with van der Waals surface area (Å²) in [5.41, 5.74) is 3.48. The quantitative estimate of drug-likeness (QED) is 0.733. The van der Waals surface area contributed by atoms with E-state index in [9.17, 15) is 0 Å². The lowest BCUT2D eigenvalue weighted by molar-refractivity contribution is -0.00615. The predicted octanol–water partition coefficient (Wildman–Crippen LogP) is 4.52. The number of aliphatic imine (C=N–C) groups is 1. The Morgan fingerprint density at radius 1 is 1.38 bits per heavy atom. The molecule has 128 valence electrons. The van der Waals surface area contributed by atoms with E-state index in [1.807, 2.05) is 7.11 Å². The van der Waals surface area contributed by atoms with Crippen LogP contribution in [0.3, 0.4) is 0 Å². The molecule has 0 unspecified atom stereocenters. The first-order valence-corrected chi connectivity index (χ1v) is 9.96. The Bertz CT molecular complexity index is 724. The number of ether oxygens (including phenoxy) is 1. The second-order valence-electron chi connectivity index (χ2n) is 7.27. The molecule has 2 aliphatic carbocycles. The molecule has 0 radical (unpaired) electrons. The van der Waals surface area contributed by atoms with Gasteiger partial charge in [-0.1, -0.05) is 41.1 Å². The van der Waals surface area contributed by atoms with Gasteiger partial charge in [-0.2, -0.15) is 0 Å². The Kier molecular flexibility index (Phi) is 4.09. The average molecular weight is 407 g/mol. The van der Waals surface area contributed by atoms with Crippen molar-refractivity contribution in [2.75, 3.05) is 7.11 Å². The molecule has 1 atom stereocenters. The summed E-state index contributed by atoms with van der Waals surface area (Å²) >= 11 is 9.28. The maximum absolute atomic E-state index is 5.63. The normalized spacial score (nSPS) is 34.5. The van der Waals surface area contributed by atoms with E-state index < -0.39 is 0 Å². The van der Waals surface area contributed by atoms with Gasteiger partial charge >= 0.3 is 0 Å². The molecule has 1 aromatic carbocycles. The lowest BCUT2D eigenvalue weighted by Gasteiger charge is -2.46. The van der Waals surface area contributed by atoms with Gasteiger partial charge in [-0.3, -0.25) is 4.99 Å². The SMILES string of the molecule is CCC1=N[C@]2(NC1=S)c1cc(Br)ccc1CC21CCC(OC)CC1. The molecule has 0 saturated heterocycles. The second kappa shape index (κ2) is 5.89. The number of rotatable bonds is 2. The van der Waals surface area contributed by atoms with Crippen LogP contribution in [0.15, 0.2) is 27.7 Å². The third-order valence-corrected chi connectivity index (χ3v) is 7.01. The van der Waals surface area contributed by atoms with Crippen LogP contribution in [0, 0.1) is 5.41 Å². The first-order chi connectivity index (χ1) is 11.5. The van der Waals surface area contributed by atoms with Gasteiger partial charge < -0.3 is 10.1 Å². The number of hydrogen-bond donors (Lipinski definition) is 1. The third kappa shape index (κ3) is 2.24. The lowest BCUT2D eigenvalue weighted by atomic mass is 9.65. The van der Waals surface area contributed by atoms with E-state index in [0.29, 0.717) is 6.10 Å². The highest BCUT2D eigenvalue weighted by Crippen LogP contribution is 2.60. The van der Waals surface area contributed by atoms with Gasteiger partial charge in [-0.25, -0.2) is 0 Å². The number of fused-ring (bicyclic) bond motifs is 3. The molecule has 0 amide bonds. The minimum absolute atomic E-state index is 0.103. The van der Waals surface area contributed by atoms with Gasteiger partial charge in [0.05, 0.1) is 11.8 Å². The maximum atomic E-state index is 5.63. The van der Waals surface area contributed by atoms with Gasteiger partial charge in [0.2, 0.25) is 0 Å². The molecule has 2 spiro atoms. The van der Waals surface area contributed by atoms with Crippen LogP contribution in [0.2, 0.25) is 0 Å². The van der Waals surface area contributed by atoms with Crippen molar-refractivity contribution in [1.82, 2.24) is 5.32 Å². The molecule has 3 nitrogen and oxygen atoms in total. The van der Waals surface area contributed by atoms with E-state index in [2.05, 4.69) is 46.4 Å². The van der Waals surface area contributed by atoms with Crippen LogP contribution in [-0.4, -0.2) is 23.9 Å². The van der Waals surface area contributed by atoms with Gasteiger partial charge in [0.15, 0.2) is 5.66 Å². The molecule has 1 aromatic rings. The molecular weight excluding hydrogens is 384 g/mol. The van der Waals surface area contributed by atoms with Crippen LogP contribution in [0.25, 0.3) is 0 Å². The van der Waals surface area contributed by atoms with Gasteiger partial charge in [0.25, 0.3) is 0 Å². The van der Waals surface area contributed by atoms with Crippen molar-refractivity contribution in [3.05, 3.63) is 33.8 Å². The highest BCUT2D eigenvalue weighted by atomic mass is 79.9. The van der Waals surface area contributed by atoms with Crippen molar-refractivity contribution in [3.8, 4) is 0 Å². The Morgan fingerprint density at radius 2 is 2.12 bits per heavy atom. The summed E-state index contributed by atoms with van der Waals surface area (Å²) in [7, 11) is 1.83. The summed E-state index contributed by atoms with van der Waals surface area (Å²) in [5, 5.41) is 3.67. The third-order valence-electron chi connectivity index (χ3n) is 6.18. The summed E-state index contributed by atoms with van der Waals surface area (Å²) in [6.07, 6.45) is 6.76. The highest BCUT2D eigenvalue weighted by Gasteiger charge is 2.61. The molecule has 1 heterocycles. The summed E-state index contributed by atoms with van der Waals surface area (Å²) in [4.78, 5) is 6.06. The van der Waals surface area contributed by atoms with E-state index >= 15 is 0 Å². The largest absolute Gasteiger partial charge is 0.381 e. The monoisotopic (exact) mass is 406 g/mol. The number of nitrogens with zero attached hydrogens (tertiary/aromatic N) is 1. The van der Waals surface area contributed by atoms with Crippen molar-refractivity contribution in [2.24, 2.45) is 10.4 Å². The molecule has 5 heteroatoms. The molecule has 1 N–H and O–H groups in total. The average Bonchev–Trinajstić information content (AvgIpc) is 3.06. The minimum Gasteiger partial charge on any atom is -0.381 e. The highest BCUT2D eigenvalue weighted by molar-refractivity contribution is 9.10. The lowest BCUT2D eigenvalue weighted by Crippen LogP contribution is -2.52. The van der Waals surface area contributed by atoms with Crippen molar-refractivity contribution in [2.45, 2.75) is 57.2 Å². The number of halogens is 1. The van der Waals surface area contributed by atoms with Gasteiger partial charge in [0.1, 0.15) is 4.99 Å². The van der Waals surface area contributed by atoms with E-state index in [1.165, 1.54) is 11.1 Å².